The number of nitrogens with zero attached hydrogens (tertiary/aromatic N) is 6. The molecule has 38 heavy (non-hydrogen) atoms. The van der Waals surface area contributed by atoms with Crippen molar-refractivity contribution in [3.8, 4) is 0 Å². The van der Waals surface area contributed by atoms with Crippen LogP contribution in [-0.4, -0.2) is 60.7 Å². The van der Waals surface area contributed by atoms with E-state index < -0.39 is 11.6 Å². The summed E-state index contributed by atoms with van der Waals surface area (Å²) >= 11 is 0. The van der Waals surface area contributed by atoms with Crippen molar-refractivity contribution in [2.75, 3.05) is 49.2 Å². The number of aromatic nitrogens is 1. The lowest BCUT2D eigenvalue weighted by Gasteiger charge is -2.36. The lowest BCUT2D eigenvalue weighted by molar-refractivity contribution is 0.248. The van der Waals surface area contributed by atoms with Crippen molar-refractivity contribution in [3.05, 3.63) is 59.4 Å². The van der Waals surface area contributed by atoms with Crippen molar-refractivity contribution in [2.24, 2.45) is 15.9 Å². The van der Waals surface area contributed by atoms with E-state index in [-0.39, 0.29) is 17.8 Å². The Hall–Kier alpha value is -3.13. The molecule has 0 N–H and O–H groups in total. The molecule has 0 amide bonds. The quantitative estimate of drug-likeness (QED) is 0.508. The first kappa shape index (κ1) is 23.9. The molecule has 2 saturated carbocycles. The molecular formula is C30H34F2N6. The van der Waals surface area contributed by atoms with Crippen LogP contribution in [0.3, 0.4) is 0 Å². The smallest absolute Gasteiger partial charge is 0.165 e. The van der Waals surface area contributed by atoms with Gasteiger partial charge < -0.3 is 9.80 Å². The van der Waals surface area contributed by atoms with E-state index in [1.54, 1.807) is 4.90 Å². The van der Waals surface area contributed by atoms with Gasteiger partial charge in [0.2, 0.25) is 0 Å². The number of benzene rings is 1. The molecule has 7 rings (SSSR count). The summed E-state index contributed by atoms with van der Waals surface area (Å²) in [6.07, 6.45) is 10.2. The third-order valence-electron chi connectivity index (χ3n) is 9.14. The fourth-order valence-corrected chi connectivity index (χ4v) is 6.71. The monoisotopic (exact) mass is 516 g/mol. The van der Waals surface area contributed by atoms with E-state index in [2.05, 4.69) is 30.8 Å². The van der Waals surface area contributed by atoms with Crippen molar-refractivity contribution in [2.45, 2.75) is 50.9 Å². The highest BCUT2D eigenvalue weighted by Gasteiger charge is 2.44. The zero-order valence-electron chi connectivity index (χ0n) is 22.0. The fraction of sp³-hybridized carbons (Fsp3) is 0.500. The van der Waals surface area contributed by atoms with Gasteiger partial charge in [-0.3, -0.25) is 14.9 Å². The average molecular weight is 517 g/mol. The van der Waals surface area contributed by atoms with Crippen molar-refractivity contribution in [1.29, 1.82) is 0 Å². The van der Waals surface area contributed by atoms with Crippen LogP contribution in [0, 0.1) is 11.7 Å². The number of anilines is 2. The Kier molecular flexibility index (Phi) is 5.83. The van der Waals surface area contributed by atoms with Crippen LogP contribution in [0.15, 0.2) is 52.5 Å². The van der Waals surface area contributed by atoms with Gasteiger partial charge >= 0.3 is 0 Å². The van der Waals surface area contributed by atoms with Crippen molar-refractivity contribution < 1.29 is 8.78 Å². The third-order valence-corrected chi connectivity index (χ3v) is 9.14. The molecule has 1 saturated heterocycles. The first-order valence-electron chi connectivity index (χ1n) is 14.0. The van der Waals surface area contributed by atoms with E-state index in [9.17, 15) is 0 Å². The SMILES string of the molecule is CC1=Nc2c(F)cc(C3=NCN(c4ccc(N5CCN(CC6CC6)CC5)cn4)C=C3F)cc2C12CCCC2. The Balaban J connectivity index is 1.05. The zero-order valence-corrected chi connectivity index (χ0v) is 22.0. The largest absolute Gasteiger partial charge is 0.368 e. The third kappa shape index (κ3) is 4.13. The average Bonchev–Trinajstić information content (AvgIpc) is 3.52. The molecule has 3 aliphatic heterocycles. The number of hydrogen-bond donors (Lipinski definition) is 0. The number of pyridine rings is 1. The first-order chi connectivity index (χ1) is 18.5. The summed E-state index contributed by atoms with van der Waals surface area (Å²) in [6.45, 7) is 7.65. The number of rotatable bonds is 5. The molecule has 2 aliphatic carbocycles. The van der Waals surface area contributed by atoms with Crippen molar-refractivity contribution >= 4 is 28.6 Å². The van der Waals surface area contributed by atoms with Crippen LogP contribution in [-0.2, 0) is 5.41 Å². The van der Waals surface area contributed by atoms with E-state index in [0.29, 0.717) is 17.1 Å². The Bertz CT molecular complexity index is 1330. The summed E-state index contributed by atoms with van der Waals surface area (Å²) in [7, 11) is 0. The summed E-state index contributed by atoms with van der Waals surface area (Å²) in [6, 6.07) is 7.28. The molecule has 198 valence electrons. The maximum Gasteiger partial charge on any atom is 0.165 e. The van der Waals surface area contributed by atoms with Gasteiger partial charge in [0.15, 0.2) is 5.83 Å². The zero-order chi connectivity index (χ0) is 25.9. The van der Waals surface area contributed by atoms with Gasteiger partial charge in [0.25, 0.3) is 0 Å². The lowest BCUT2D eigenvalue weighted by Crippen LogP contribution is -2.47. The van der Waals surface area contributed by atoms with Crippen LogP contribution in [0.25, 0.3) is 0 Å². The molecule has 2 aromatic rings. The van der Waals surface area contributed by atoms with Gasteiger partial charge in [0.05, 0.1) is 11.9 Å². The van der Waals surface area contributed by atoms with Crippen LogP contribution < -0.4 is 9.80 Å². The Morgan fingerprint density at radius 1 is 1.03 bits per heavy atom. The Morgan fingerprint density at radius 2 is 1.82 bits per heavy atom. The maximum absolute atomic E-state index is 15.4. The van der Waals surface area contributed by atoms with E-state index in [0.717, 1.165) is 74.7 Å². The molecule has 0 radical (unpaired) electrons. The molecule has 0 unspecified atom stereocenters. The molecule has 4 heterocycles. The molecule has 0 bridgehead atoms. The van der Waals surface area contributed by atoms with Crippen LogP contribution in [0.1, 0.15) is 56.6 Å². The highest BCUT2D eigenvalue weighted by atomic mass is 19.1. The number of aliphatic imine (C=N–C) groups is 2. The van der Waals surface area contributed by atoms with E-state index in [4.69, 9.17) is 0 Å². The van der Waals surface area contributed by atoms with Crippen molar-refractivity contribution in [1.82, 2.24) is 9.88 Å². The summed E-state index contributed by atoms with van der Waals surface area (Å²) in [5.41, 5.74) is 3.86. The Morgan fingerprint density at radius 3 is 2.50 bits per heavy atom. The number of fused-ring (bicyclic) bond motifs is 2. The molecule has 1 aromatic carbocycles. The maximum atomic E-state index is 15.4. The summed E-state index contributed by atoms with van der Waals surface area (Å²) in [5, 5.41) is 0. The first-order valence-corrected chi connectivity index (χ1v) is 14.0. The second-order valence-corrected chi connectivity index (χ2v) is 11.5. The fourth-order valence-electron chi connectivity index (χ4n) is 6.71. The molecule has 6 nitrogen and oxygen atoms in total. The second kappa shape index (κ2) is 9.26. The minimum Gasteiger partial charge on any atom is -0.368 e. The predicted octanol–water partition coefficient (Wildman–Crippen LogP) is 5.75. The van der Waals surface area contributed by atoms with Crippen LogP contribution in [0.4, 0.5) is 26.0 Å². The number of allylic oxidation sites excluding steroid dienone is 1. The van der Waals surface area contributed by atoms with Gasteiger partial charge in [-0.15, -0.1) is 0 Å². The molecule has 5 aliphatic rings. The minimum atomic E-state index is -0.482. The summed E-state index contributed by atoms with van der Waals surface area (Å²) in [5.74, 6) is 0.689. The van der Waals surface area contributed by atoms with Crippen LogP contribution in [0.5, 0.6) is 0 Å². The topological polar surface area (TPSA) is 47.3 Å². The predicted molar refractivity (Wildman–Crippen MR) is 148 cm³/mol. The highest BCUT2D eigenvalue weighted by Crippen LogP contribution is 2.51. The van der Waals surface area contributed by atoms with Gasteiger partial charge in [0, 0.05) is 55.6 Å². The molecule has 0 atom stereocenters. The molecule has 3 fully saturated rings. The minimum absolute atomic E-state index is 0.196. The van der Waals surface area contributed by atoms with Gasteiger partial charge in [-0.05, 0) is 68.4 Å². The highest BCUT2D eigenvalue weighted by molar-refractivity contribution is 6.13. The van der Waals surface area contributed by atoms with Crippen LogP contribution in [0.2, 0.25) is 0 Å². The van der Waals surface area contributed by atoms with Gasteiger partial charge in [-0.2, -0.15) is 0 Å². The van der Waals surface area contributed by atoms with E-state index >= 15 is 8.78 Å². The standard InChI is InChI=1S/C30H34F2N6/c1-20-30(8-2-3-9-30)24-14-22(15-25(31)29(24)35-20)28-26(32)18-38(19-34-28)27-7-6-23(16-33-27)37-12-10-36(11-13-37)17-21-4-5-21/h6-7,14-16,18,21H,2-5,8-13,17,19H2,1H3. The van der Waals surface area contributed by atoms with E-state index in [1.807, 2.05) is 25.3 Å². The van der Waals surface area contributed by atoms with Crippen molar-refractivity contribution in [3.63, 3.8) is 0 Å². The molecule has 1 aromatic heterocycles. The van der Waals surface area contributed by atoms with Gasteiger partial charge in [-0.25, -0.2) is 13.8 Å². The lowest BCUT2D eigenvalue weighted by atomic mass is 9.76. The second-order valence-electron chi connectivity index (χ2n) is 11.5. The molecule has 1 spiro atoms. The van der Waals surface area contributed by atoms with E-state index in [1.165, 1.54) is 31.7 Å². The summed E-state index contributed by atoms with van der Waals surface area (Å²) in [4.78, 5) is 20.4. The normalized spacial score (nSPS) is 23.0. The number of halogens is 2. The molecular weight excluding hydrogens is 482 g/mol. The van der Waals surface area contributed by atoms with Crippen LogP contribution >= 0.6 is 0 Å². The summed E-state index contributed by atoms with van der Waals surface area (Å²) < 4.78 is 30.5. The number of piperazine rings is 1. The Labute approximate surface area is 222 Å². The number of hydrogen-bond acceptors (Lipinski definition) is 6. The van der Waals surface area contributed by atoms with Gasteiger partial charge in [0.1, 0.15) is 29.7 Å². The van der Waals surface area contributed by atoms with Gasteiger partial charge in [-0.1, -0.05) is 12.8 Å². The molecule has 8 heteroatoms.